The minimum atomic E-state index is -0.0242. The Morgan fingerprint density at radius 1 is 1.35 bits per heavy atom. The molecule has 0 atom stereocenters. The second-order valence-corrected chi connectivity index (χ2v) is 6.10. The fourth-order valence-electron chi connectivity index (χ4n) is 2.38. The van der Waals surface area contributed by atoms with E-state index in [2.05, 4.69) is 21.2 Å². The van der Waals surface area contributed by atoms with Gasteiger partial charge in [-0.3, -0.25) is 9.59 Å². The van der Waals surface area contributed by atoms with E-state index >= 15 is 0 Å². The smallest absolute Gasteiger partial charge is 0.254 e. The fourth-order valence-corrected chi connectivity index (χ4v) is 3.23. The number of piperidine rings is 1. The fraction of sp³-hybridized carbons (Fsp3) is 0.429. The summed E-state index contributed by atoms with van der Waals surface area (Å²) in [6, 6.07) is 5.14. The largest absolute Gasteiger partial charge is 0.359 e. The average molecular weight is 360 g/mol. The van der Waals surface area contributed by atoms with Crippen LogP contribution in [0.15, 0.2) is 22.7 Å². The number of hydrogen-bond acceptors (Lipinski definition) is 2. The van der Waals surface area contributed by atoms with Gasteiger partial charge in [0.2, 0.25) is 5.91 Å². The lowest BCUT2D eigenvalue weighted by Crippen LogP contribution is -2.42. The van der Waals surface area contributed by atoms with E-state index in [1.54, 1.807) is 30.1 Å². The summed E-state index contributed by atoms with van der Waals surface area (Å²) in [6.07, 6.45) is 1.41. The van der Waals surface area contributed by atoms with Crippen molar-refractivity contribution in [2.75, 3.05) is 20.1 Å². The van der Waals surface area contributed by atoms with Crippen LogP contribution >= 0.6 is 27.5 Å². The first-order valence-corrected chi connectivity index (χ1v) is 7.66. The molecule has 1 N–H and O–H groups in total. The van der Waals surface area contributed by atoms with E-state index in [1.165, 1.54) is 0 Å². The zero-order valence-corrected chi connectivity index (χ0v) is 13.5. The van der Waals surface area contributed by atoms with Crippen molar-refractivity contribution >= 4 is 39.3 Å². The van der Waals surface area contributed by atoms with Crippen LogP contribution in [-0.2, 0) is 4.79 Å². The van der Waals surface area contributed by atoms with Crippen LogP contribution in [0.1, 0.15) is 23.2 Å². The molecule has 20 heavy (non-hydrogen) atoms. The third-order valence-electron chi connectivity index (χ3n) is 3.56. The molecule has 1 heterocycles. The molecule has 1 fully saturated rings. The number of amides is 2. The van der Waals surface area contributed by atoms with E-state index in [0.29, 0.717) is 41.0 Å². The van der Waals surface area contributed by atoms with E-state index in [0.717, 1.165) is 0 Å². The molecule has 0 bridgehead atoms. The summed E-state index contributed by atoms with van der Waals surface area (Å²) in [5.41, 5.74) is 0.604. The lowest BCUT2D eigenvalue weighted by Gasteiger charge is -2.31. The first-order chi connectivity index (χ1) is 9.52. The molecule has 2 rings (SSSR count). The van der Waals surface area contributed by atoms with Crippen LogP contribution in [0.2, 0.25) is 5.02 Å². The van der Waals surface area contributed by atoms with Gasteiger partial charge in [-0.25, -0.2) is 0 Å². The lowest BCUT2D eigenvalue weighted by atomic mass is 9.95. The molecule has 2 amide bonds. The van der Waals surface area contributed by atoms with Gasteiger partial charge in [0.05, 0.1) is 5.56 Å². The van der Waals surface area contributed by atoms with Crippen LogP contribution < -0.4 is 5.32 Å². The Hall–Kier alpha value is -1.07. The van der Waals surface area contributed by atoms with Gasteiger partial charge in [-0.1, -0.05) is 11.6 Å². The molecule has 1 aromatic carbocycles. The van der Waals surface area contributed by atoms with Crippen molar-refractivity contribution in [2.24, 2.45) is 5.92 Å². The first kappa shape index (κ1) is 15.3. The molecule has 108 valence electrons. The van der Waals surface area contributed by atoms with Crippen molar-refractivity contribution in [2.45, 2.75) is 12.8 Å². The molecule has 1 saturated heterocycles. The number of nitrogens with zero attached hydrogens (tertiary/aromatic N) is 1. The van der Waals surface area contributed by atoms with Gasteiger partial charge in [0.25, 0.3) is 5.91 Å². The number of rotatable bonds is 2. The molecule has 4 nitrogen and oxygen atoms in total. The number of likely N-dealkylation sites (tertiary alicyclic amines) is 1. The van der Waals surface area contributed by atoms with Gasteiger partial charge in [-0.15, -0.1) is 0 Å². The summed E-state index contributed by atoms with van der Waals surface area (Å²) >= 11 is 9.24. The summed E-state index contributed by atoms with van der Waals surface area (Å²) in [4.78, 5) is 25.8. The molecule has 0 spiro atoms. The predicted molar refractivity (Wildman–Crippen MR) is 81.8 cm³/mol. The molecule has 0 aliphatic carbocycles. The van der Waals surface area contributed by atoms with E-state index in [1.807, 2.05) is 0 Å². The first-order valence-electron chi connectivity index (χ1n) is 6.49. The maximum Gasteiger partial charge on any atom is 0.254 e. The summed E-state index contributed by atoms with van der Waals surface area (Å²) in [7, 11) is 1.64. The monoisotopic (exact) mass is 358 g/mol. The molecule has 0 radical (unpaired) electrons. The topological polar surface area (TPSA) is 49.4 Å². The highest BCUT2D eigenvalue weighted by Gasteiger charge is 2.27. The van der Waals surface area contributed by atoms with Crippen molar-refractivity contribution in [3.63, 3.8) is 0 Å². The lowest BCUT2D eigenvalue weighted by molar-refractivity contribution is -0.125. The zero-order valence-electron chi connectivity index (χ0n) is 11.2. The highest BCUT2D eigenvalue weighted by molar-refractivity contribution is 9.10. The Morgan fingerprint density at radius 2 is 2.00 bits per heavy atom. The maximum absolute atomic E-state index is 12.4. The number of nitrogens with one attached hydrogen (secondary N) is 1. The summed E-state index contributed by atoms with van der Waals surface area (Å²) in [5, 5.41) is 3.25. The Bertz CT molecular complexity index is 528. The van der Waals surface area contributed by atoms with Crippen molar-refractivity contribution in [3.8, 4) is 0 Å². The van der Waals surface area contributed by atoms with Crippen molar-refractivity contribution in [3.05, 3.63) is 33.3 Å². The van der Waals surface area contributed by atoms with Gasteiger partial charge < -0.3 is 10.2 Å². The quantitative estimate of drug-likeness (QED) is 0.882. The third kappa shape index (κ3) is 3.33. The molecule has 0 aromatic heterocycles. The van der Waals surface area contributed by atoms with Crippen LogP contribution in [0.5, 0.6) is 0 Å². The van der Waals surface area contributed by atoms with Gasteiger partial charge >= 0.3 is 0 Å². The number of benzene rings is 1. The number of carbonyl (C=O) groups is 2. The minimum absolute atomic E-state index is 0.0118. The van der Waals surface area contributed by atoms with Crippen LogP contribution in [0.25, 0.3) is 0 Å². The number of carbonyl (C=O) groups excluding carboxylic acids is 2. The molecule has 0 saturated carbocycles. The number of hydrogen-bond donors (Lipinski definition) is 1. The van der Waals surface area contributed by atoms with Crippen LogP contribution in [0.4, 0.5) is 0 Å². The molecule has 1 aliphatic heterocycles. The molecule has 1 aromatic rings. The van der Waals surface area contributed by atoms with Gasteiger partial charge in [-0.2, -0.15) is 0 Å². The Kier molecular flexibility index (Phi) is 5.05. The Labute approximate surface area is 131 Å². The van der Waals surface area contributed by atoms with Gasteiger partial charge in [-0.05, 0) is 47.0 Å². The molecular formula is C14H16BrClN2O2. The van der Waals surface area contributed by atoms with Gasteiger partial charge in [0, 0.05) is 35.6 Å². The molecular weight excluding hydrogens is 344 g/mol. The summed E-state index contributed by atoms with van der Waals surface area (Å²) in [6.45, 7) is 1.21. The van der Waals surface area contributed by atoms with Gasteiger partial charge in [0.15, 0.2) is 0 Å². The Morgan fingerprint density at radius 3 is 2.55 bits per heavy atom. The van der Waals surface area contributed by atoms with Crippen molar-refractivity contribution in [1.82, 2.24) is 10.2 Å². The maximum atomic E-state index is 12.4. The zero-order chi connectivity index (χ0) is 14.7. The van der Waals surface area contributed by atoms with Gasteiger partial charge in [0.1, 0.15) is 0 Å². The molecule has 1 aliphatic rings. The standard InChI is InChI=1S/C14H16BrClN2O2/c1-17-13(19)9-4-6-18(7-5-9)14(20)11-3-2-10(16)8-12(11)15/h2-3,8-9H,4-7H2,1H3,(H,17,19). The van der Waals surface area contributed by atoms with E-state index < -0.39 is 0 Å². The van der Waals surface area contributed by atoms with E-state index in [9.17, 15) is 9.59 Å². The minimum Gasteiger partial charge on any atom is -0.359 e. The number of halogens is 2. The SMILES string of the molecule is CNC(=O)C1CCN(C(=O)c2ccc(Cl)cc2Br)CC1. The highest BCUT2D eigenvalue weighted by Crippen LogP contribution is 2.25. The van der Waals surface area contributed by atoms with E-state index in [-0.39, 0.29) is 17.7 Å². The second kappa shape index (κ2) is 6.59. The summed E-state index contributed by atoms with van der Waals surface area (Å²) in [5.74, 6) is 0.0476. The van der Waals surface area contributed by atoms with Crippen LogP contribution in [0.3, 0.4) is 0 Å². The highest BCUT2D eigenvalue weighted by atomic mass is 79.9. The third-order valence-corrected chi connectivity index (χ3v) is 4.45. The van der Waals surface area contributed by atoms with Crippen LogP contribution in [0, 0.1) is 5.92 Å². The van der Waals surface area contributed by atoms with Crippen molar-refractivity contribution in [1.29, 1.82) is 0 Å². The van der Waals surface area contributed by atoms with Crippen molar-refractivity contribution < 1.29 is 9.59 Å². The average Bonchev–Trinajstić information content (AvgIpc) is 2.46. The Balaban J connectivity index is 2.03. The normalized spacial score (nSPS) is 16.1. The molecule has 6 heteroatoms. The molecule has 0 unspecified atom stereocenters. The predicted octanol–water partition coefficient (Wildman–Crippen LogP) is 2.70. The second-order valence-electron chi connectivity index (χ2n) is 4.80. The van der Waals surface area contributed by atoms with E-state index in [4.69, 9.17) is 11.6 Å². The summed E-state index contributed by atoms with van der Waals surface area (Å²) < 4.78 is 0.698. The van der Waals surface area contributed by atoms with Crippen LogP contribution in [-0.4, -0.2) is 36.9 Å².